The monoisotopic (exact) mass is 230 g/mol. The van der Waals surface area contributed by atoms with E-state index in [0.29, 0.717) is 6.04 Å². The molecular formula is C13H18N4. The molecule has 2 heterocycles. The summed E-state index contributed by atoms with van der Waals surface area (Å²) in [6.45, 7) is 5.97. The molecule has 1 atom stereocenters. The van der Waals surface area contributed by atoms with E-state index in [2.05, 4.69) is 41.5 Å². The van der Waals surface area contributed by atoms with Gasteiger partial charge in [0.2, 0.25) is 0 Å². The lowest BCUT2D eigenvalue weighted by Gasteiger charge is -2.11. The average Bonchev–Trinajstić information content (AvgIpc) is 2.86. The van der Waals surface area contributed by atoms with Crippen molar-refractivity contribution in [1.29, 1.82) is 0 Å². The van der Waals surface area contributed by atoms with Gasteiger partial charge in [-0.2, -0.15) is 5.10 Å². The molecule has 90 valence electrons. The third-order valence-electron chi connectivity index (χ3n) is 2.81. The number of aryl methyl sites for hydroxylation is 1. The Labute approximate surface area is 102 Å². The Morgan fingerprint density at radius 3 is 2.94 bits per heavy atom. The molecule has 0 aliphatic carbocycles. The van der Waals surface area contributed by atoms with E-state index in [1.807, 2.05) is 23.1 Å². The Balaban J connectivity index is 1.91. The van der Waals surface area contributed by atoms with Crippen LogP contribution in [0.5, 0.6) is 0 Å². The van der Waals surface area contributed by atoms with Gasteiger partial charge >= 0.3 is 0 Å². The van der Waals surface area contributed by atoms with Crippen molar-refractivity contribution in [3.05, 3.63) is 48.0 Å². The van der Waals surface area contributed by atoms with E-state index < -0.39 is 0 Å². The molecule has 1 unspecified atom stereocenters. The highest BCUT2D eigenvalue weighted by Crippen LogP contribution is 2.11. The molecule has 1 N–H and O–H groups in total. The van der Waals surface area contributed by atoms with Gasteiger partial charge in [-0.05, 0) is 25.5 Å². The number of aromatic nitrogens is 3. The van der Waals surface area contributed by atoms with Crippen LogP contribution >= 0.6 is 0 Å². The first-order valence-corrected chi connectivity index (χ1v) is 5.94. The van der Waals surface area contributed by atoms with Crippen LogP contribution in [0.1, 0.15) is 31.0 Å². The van der Waals surface area contributed by atoms with Gasteiger partial charge in [-0.1, -0.05) is 6.07 Å². The van der Waals surface area contributed by atoms with Crippen LogP contribution in [0.2, 0.25) is 0 Å². The Morgan fingerprint density at radius 2 is 2.29 bits per heavy atom. The van der Waals surface area contributed by atoms with Gasteiger partial charge in [0.25, 0.3) is 0 Å². The number of nitrogens with one attached hydrogen (secondary N) is 1. The summed E-state index contributed by atoms with van der Waals surface area (Å²) in [5.41, 5.74) is 2.41. The second kappa shape index (κ2) is 5.59. The van der Waals surface area contributed by atoms with Crippen LogP contribution in [0.4, 0.5) is 0 Å². The molecule has 2 aromatic rings. The van der Waals surface area contributed by atoms with Crippen molar-refractivity contribution in [2.24, 2.45) is 0 Å². The largest absolute Gasteiger partial charge is 0.306 e. The van der Waals surface area contributed by atoms with E-state index in [-0.39, 0.29) is 0 Å². The van der Waals surface area contributed by atoms with Crippen LogP contribution in [0, 0.1) is 0 Å². The maximum Gasteiger partial charge on any atom is 0.0537 e. The molecule has 0 aliphatic heterocycles. The first kappa shape index (κ1) is 11.8. The fraction of sp³-hybridized carbons (Fsp3) is 0.385. The maximum atomic E-state index is 4.28. The predicted octanol–water partition coefficient (Wildman–Crippen LogP) is 2.15. The topological polar surface area (TPSA) is 42.7 Å². The Kier molecular flexibility index (Phi) is 3.88. The lowest BCUT2D eigenvalue weighted by molar-refractivity contribution is 0.572. The van der Waals surface area contributed by atoms with Crippen LogP contribution in [0.25, 0.3) is 0 Å². The van der Waals surface area contributed by atoms with Crippen molar-refractivity contribution >= 4 is 0 Å². The average molecular weight is 230 g/mol. The van der Waals surface area contributed by atoms with Crippen molar-refractivity contribution in [2.75, 3.05) is 0 Å². The molecule has 0 saturated carbocycles. The molecule has 4 heteroatoms. The Morgan fingerprint density at radius 1 is 1.41 bits per heavy atom. The Hall–Kier alpha value is -1.68. The van der Waals surface area contributed by atoms with Crippen LogP contribution in [-0.4, -0.2) is 14.8 Å². The van der Waals surface area contributed by atoms with Crippen molar-refractivity contribution in [3.63, 3.8) is 0 Å². The first-order chi connectivity index (χ1) is 8.29. The summed E-state index contributed by atoms with van der Waals surface area (Å²) >= 11 is 0. The van der Waals surface area contributed by atoms with Gasteiger partial charge in [0, 0.05) is 43.3 Å². The molecule has 0 bridgehead atoms. The summed E-state index contributed by atoms with van der Waals surface area (Å²) in [4.78, 5) is 4.10. The summed E-state index contributed by atoms with van der Waals surface area (Å²) in [7, 11) is 0. The van der Waals surface area contributed by atoms with Crippen molar-refractivity contribution in [3.8, 4) is 0 Å². The van der Waals surface area contributed by atoms with Gasteiger partial charge in [0.15, 0.2) is 0 Å². The summed E-state index contributed by atoms with van der Waals surface area (Å²) in [5, 5.41) is 7.73. The lowest BCUT2D eigenvalue weighted by Crippen LogP contribution is -2.17. The van der Waals surface area contributed by atoms with Crippen LogP contribution in [0.3, 0.4) is 0 Å². The van der Waals surface area contributed by atoms with Crippen molar-refractivity contribution in [1.82, 2.24) is 20.1 Å². The zero-order valence-electron chi connectivity index (χ0n) is 10.3. The molecule has 0 aliphatic rings. The minimum Gasteiger partial charge on any atom is -0.306 e. The molecule has 4 nitrogen and oxygen atoms in total. The highest BCUT2D eigenvalue weighted by Gasteiger charge is 2.06. The molecule has 2 aromatic heterocycles. The molecule has 0 spiro atoms. The third kappa shape index (κ3) is 3.14. The summed E-state index contributed by atoms with van der Waals surface area (Å²) in [6.07, 6.45) is 7.68. The summed E-state index contributed by atoms with van der Waals surface area (Å²) < 4.78 is 1.94. The van der Waals surface area contributed by atoms with E-state index in [1.165, 1.54) is 11.1 Å². The Bertz CT molecular complexity index is 449. The van der Waals surface area contributed by atoms with Gasteiger partial charge in [-0.3, -0.25) is 9.67 Å². The van der Waals surface area contributed by atoms with E-state index >= 15 is 0 Å². The summed E-state index contributed by atoms with van der Waals surface area (Å²) in [6, 6.07) is 4.33. The zero-order valence-corrected chi connectivity index (χ0v) is 10.3. The van der Waals surface area contributed by atoms with Gasteiger partial charge in [-0.25, -0.2) is 0 Å². The number of nitrogens with zero attached hydrogens (tertiary/aromatic N) is 3. The van der Waals surface area contributed by atoms with Crippen molar-refractivity contribution < 1.29 is 0 Å². The molecule has 0 aromatic carbocycles. The van der Waals surface area contributed by atoms with Gasteiger partial charge < -0.3 is 5.32 Å². The molecule has 0 saturated heterocycles. The fourth-order valence-electron chi connectivity index (χ4n) is 1.67. The SMILES string of the molecule is CCn1cc(C(C)NCc2cccnc2)cn1. The van der Waals surface area contributed by atoms with E-state index in [1.54, 1.807) is 6.20 Å². The number of hydrogen-bond donors (Lipinski definition) is 1. The second-order valence-corrected chi connectivity index (χ2v) is 4.09. The summed E-state index contributed by atoms with van der Waals surface area (Å²) in [5.74, 6) is 0. The minimum atomic E-state index is 0.301. The van der Waals surface area contributed by atoms with Crippen LogP contribution in [-0.2, 0) is 13.1 Å². The third-order valence-corrected chi connectivity index (χ3v) is 2.81. The fourth-order valence-corrected chi connectivity index (χ4v) is 1.67. The normalized spacial score (nSPS) is 12.6. The molecular weight excluding hydrogens is 212 g/mol. The molecule has 0 fully saturated rings. The van der Waals surface area contributed by atoms with Gasteiger partial charge in [-0.15, -0.1) is 0 Å². The van der Waals surface area contributed by atoms with E-state index in [4.69, 9.17) is 0 Å². The number of pyridine rings is 1. The molecule has 17 heavy (non-hydrogen) atoms. The quantitative estimate of drug-likeness (QED) is 0.855. The van der Waals surface area contributed by atoms with Crippen LogP contribution in [0.15, 0.2) is 36.9 Å². The molecule has 0 amide bonds. The highest BCUT2D eigenvalue weighted by molar-refractivity contribution is 5.12. The van der Waals surface area contributed by atoms with Gasteiger partial charge in [0.05, 0.1) is 6.20 Å². The van der Waals surface area contributed by atoms with E-state index in [9.17, 15) is 0 Å². The first-order valence-electron chi connectivity index (χ1n) is 5.94. The molecule has 2 rings (SSSR count). The van der Waals surface area contributed by atoms with E-state index in [0.717, 1.165) is 13.1 Å². The van der Waals surface area contributed by atoms with Crippen molar-refractivity contribution in [2.45, 2.75) is 33.0 Å². The minimum absolute atomic E-state index is 0.301. The number of rotatable bonds is 5. The second-order valence-electron chi connectivity index (χ2n) is 4.09. The van der Waals surface area contributed by atoms with Gasteiger partial charge in [0.1, 0.15) is 0 Å². The standard InChI is InChI=1S/C13H18N4/c1-3-17-10-13(9-16-17)11(2)15-8-12-5-4-6-14-7-12/h4-7,9-11,15H,3,8H2,1-2H3. The number of hydrogen-bond acceptors (Lipinski definition) is 3. The molecule has 0 radical (unpaired) electrons. The predicted molar refractivity (Wildman–Crippen MR) is 67.4 cm³/mol. The highest BCUT2D eigenvalue weighted by atomic mass is 15.3. The lowest BCUT2D eigenvalue weighted by atomic mass is 10.2. The smallest absolute Gasteiger partial charge is 0.0537 e. The van der Waals surface area contributed by atoms with Crippen LogP contribution < -0.4 is 5.32 Å². The maximum absolute atomic E-state index is 4.28. The zero-order chi connectivity index (χ0) is 12.1.